The number of hydrogen-bond donors (Lipinski definition) is 2. The van der Waals surface area contributed by atoms with Crippen molar-refractivity contribution < 1.29 is 4.92 Å². The van der Waals surface area contributed by atoms with Crippen LogP contribution < -0.4 is 5.32 Å². The zero-order valence-electron chi connectivity index (χ0n) is 8.83. The Balaban J connectivity index is 2.13. The van der Waals surface area contributed by atoms with Crippen LogP contribution in [0.15, 0.2) is 53.4 Å². The molecule has 5 heteroatoms. The molecule has 0 unspecified atom stereocenters. The second-order valence-corrected chi connectivity index (χ2v) is 3.99. The Morgan fingerprint density at radius 3 is 1.88 bits per heavy atom. The highest BCUT2D eigenvalue weighted by Gasteiger charge is 2.03. The zero-order chi connectivity index (χ0) is 12.3. The van der Waals surface area contributed by atoms with Gasteiger partial charge in [0.05, 0.1) is 4.92 Å². The van der Waals surface area contributed by atoms with E-state index in [9.17, 15) is 10.1 Å². The minimum atomic E-state index is -0.417. The van der Waals surface area contributed by atoms with Gasteiger partial charge in [-0.1, -0.05) is 0 Å². The van der Waals surface area contributed by atoms with Crippen LogP contribution in [0.3, 0.4) is 0 Å². The van der Waals surface area contributed by atoms with Crippen LogP contribution in [-0.2, 0) is 0 Å². The molecule has 0 amide bonds. The molecule has 0 atom stereocenters. The van der Waals surface area contributed by atoms with E-state index < -0.39 is 4.92 Å². The van der Waals surface area contributed by atoms with Crippen molar-refractivity contribution in [2.24, 2.45) is 0 Å². The van der Waals surface area contributed by atoms with Gasteiger partial charge in [-0.2, -0.15) is 0 Å². The molecular weight excluding hydrogens is 236 g/mol. The van der Waals surface area contributed by atoms with E-state index in [0.29, 0.717) is 0 Å². The number of nitrogens with zero attached hydrogens (tertiary/aromatic N) is 1. The van der Waals surface area contributed by atoms with Crippen molar-refractivity contribution in [3.63, 3.8) is 0 Å². The minimum absolute atomic E-state index is 0.0845. The lowest BCUT2D eigenvalue weighted by atomic mass is 10.2. The molecule has 0 saturated carbocycles. The molecule has 0 aliphatic rings. The summed E-state index contributed by atoms with van der Waals surface area (Å²) >= 11 is 4.19. The molecular formula is C12H10N2O2S. The van der Waals surface area contributed by atoms with Gasteiger partial charge in [0.15, 0.2) is 0 Å². The summed E-state index contributed by atoms with van der Waals surface area (Å²) in [5.41, 5.74) is 1.81. The molecule has 0 aliphatic heterocycles. The first-order chi connectivity index (χ1) is 8.15. The van der Waals surface area contributed by atoms with Gasteiger partial charge in [-0.15, -0.1) is 12.6 Å². The predicted octanol–water partition coefficient (Wildman–Crippen LogP) is 3.63. The summed E-state index contributed by atoms with van der Waals surface area (Å²) in [6.07, 6.45) is 0. The van der Waals surface area contributed by atoms with E-state index in [1.807, 2.05) is 24.3 Å². The van der Waals surface area contributed by atoms with Gasteiger partial charge in [0.1, 0.15) is 0 Å². The first kappa shape index (κ1) is 11.5. The van der Waals surface area contributed by atoms with E-state index in [2.05, 4.69) is 17.9 Å². The number of hydrogen-bond acceptors (Lipinski definition) is 4. The van der Waals surface area contributed by atoms with Crippen molar-refractivity contribution in [2.75, 3.05) is 5.32 Å². The van der Waals surface area contributed by atoms with E-state index in [4.69, 9.17) is 0 Å². The van der Waals surface area contributed by atoms with Gasteiger partial charge in [0.2, 0.25) is 0 Å². The molecule has 4 nitrogen and oxygen atoms in total. The summed E-state index contributed by atoms with van der Waals surface area (Å²) in [6, 6.07) is 13.8. The molecule has 0 bridgehead atoms. The molecule has 2 aromatic carbocycles. The van der Waals surface area contributed by atoms with Crippen molar-refractivity contribution in [3.8, 4) is 0 Å². The summed E-state index contributed by atoms with van der Waals surface area (Å²) in [4.78, 5) is 11.0. The highest BCUT2D eigenvalue weighted by Crippen LogP contribution is 2.20. The Kier molecular flexibility index (Phi) is 3.30. The molecule has 86 valence electrons. The topological polar surface area (TPSA) is 55.2 Å². The smallest absolute Gasteiger partial charge is 0.269 e. The van der Waals surface area contributed by atoms with Crippen molar-refractivity contribution in [1.29, 1.82) is 0 Å². The third-order valence-corrected chi connectivity index (χ3v) is 2.53. The van der Waals surface area contributed by atoms with E-state index in [1.165, 1.54) is 12.1 Å². The molecule has 0 fully saturated rings. The normalized spacial score (nSPS) is 9.94. The van der Waals surface area contributed by atoms with Gasteiger partial charge in [-0.3, -0.25) is 10.1 Å². The number of thiol groups is 1. The average molecular weight is 246 g/mol. The number of nitro benzene ring substituents is 1. The van der Waals surface area contributed by atoms with Crippen LogP contribution in [0.4, 0.5) is 17.1 Å². The number of benzene rings is 2. The van der Waals surface area contributed by atoms with E-state index in [1.54, 1.807) is 12.1 Å². The fraction of sp³-hybridized carbons (Fsp3) is 0. The summed E-state index contributed by atoms with van der Waals surface area (Å²) in [6.45, 7) is 0. The Labute approximate surface area is 104 Å². The summed E-state index contributed by atoms with van der Waals surface area (Å²) in [5, 5.41) is 13.6. The maximum absolute atomic E-state index is 10.5. The molecule has 0 radical (unpaired) electrons. The Hall–Kier alpha value is -2.01. The highest BCUT2D eigenvalue weighted by molar-refractivity contribution is 7.80. The van der Waals surface area contributed by atoms with Crippen molar-refractivity contribution in [1.82, 2.24) is 0 Å². The van der Waals surface area contributed by atoms with Crippen molar-refractivity contribution in [3.05, 3.63) is 58.6 Å². The average Bonchev–Trinajstić information content (AvgIpc) is 2.33. The summed E-state index contributed by atoms with van der Waals surface area (Å²) in [5.74, 6) is 0. The number of rotatable bonds is 3. The standard InChI is InChI=1S/C12H10N2O2S/c15-14(16)11-5-1-9(2-6-11)13-10-3-7-12(17)8-4-10/h1-8,13,17H. The number of anilines is 2. The van der Waals surface area contributed by atoms with Gasteiger partial charge in [0.25, 0.3) is 5.69 Å². The van der Waals surface area contributed by atoms with E-state index in [-0.39, 0.29) is 5.69 Å². The summed E-state index contributed by atoms with van der Waals surface area (Å²) < 4.78 is 0. The molecule has 1 N–H and O–H groups in total. The van der Waals surface area contributed by atoms with Crippen LogP contribution in [-0.4, -0.2) is 4.92 Å². The van der Waals surface area contributed by atoms with Crippen LogP contribution in [0.2, 0.25) is 0 Å². The van der Waals surface area contributed by atoms with Crippen LogP contribution in [0.5, 0.6) is 0 Å². The van der Waals surface area contributed by atoms with Crippen LogP contribution in [0, 0.1) is 10.1 Å². The Morgan fingerprint density at radius 1 is 0.941 bits per heavy atom. The maximum atomic E-state index is 10.5. The molecule has 2 rings (SSSR count). The Morgan fingerprint density at radius 2 is 1.41 bits per heavy atom. The van der Waals surface area contributed by atoms with Crippen LogP contribution >= 0.6 is 12.6 Å². The fourth-order valence-electron chi connectivity index (χ4n) is 1.38. The zero-order valence-corrected chi connectivity index (χ0v) is 9.72. The van der Waals surface area contributed by atoms with Gasteiger partial charge in [-0.05, 0) is 36.4 Å². The van der Waals surface area contributed by atoms with Crippen molar-refractivity contribution >= 4 is 29.7 Å². The van der Waals surface area contributed by atoms with Gasteiger partial charge < -0.3 is 5.32 Å². The van der Waals surface area contributed by atoms with E-state index in [0.717, 1.165) is 16.3 Å². The SMILES string of the molecule is O=[N+]([O-])c1ccc(Nc2ccc(S)cc2)cc1. The molecule has 0 saturated heterocycles. The lowest BCUT2D eigenvalue weighted by molar-refractivity contribution is -0.384. The number of non-ortho nitro benzene ring substituents is 1. The highest BCUT2D eigenvalue weighted by atomic mass is 32.1. The molecule has 17 heavy (non-hydrogen) atoms. The molecule has 2 aromatic rings. The second kappa shape index (κ2) is 4.88. The van der Waals surface area contributed by atoms with Crippen LogP contribution in [0.25, 0.3) is 0 Å². The van der Waals surface area contributed by atoms with Crippen LogP contribution in [0.1, 0.15) is 0 Å². The van der Waals surface area contributed by atoms with Gasteiger partial charge >= 0.3 is 0 Å². The molecule has 0 heterocycles. The lowest BCUT2D eigenvalue weighted by Crippen LogP contribution is -1.91. The summed E-state index contributed by atoms with van der Waals surface area (Å²) in [7, 11) is 0. The third-order valence-electron chi connectivity index (χ3n) is 2.23. The fourth-order valence-corrected chi connectivity index (χ4v) is 1.53. The van der Waals surface area contributed by atoms with Gasteiger partial charge in [-0.25, -0.2) is 0 Å². The second-order valence-electron chi connectivity index (χ2n) is 3.48. The maximum Gasteiger partial charge on any atom is 0.269 e. The third kappa shape index (κ3) is 2.98. The first-order valence-corrected chi connectivity index (χ1v) is 5.40. The van der Waals surface area contributed by atoms with Gasteiger partial charge in [0, 0.05) is 28.4 Å². The quantitative estimate of drug-likeness (QED) is 0.494. The molecule has 0 aliphatic carbocycles. The molecule has 0 spiro atoms. The molecule has 0 aromatic heterocycles. The Bertz CT molecular complexity index is 523. The number of nitrogens with one attached hydrogen (secondary N) is 1. The first-order valence-electron chi connectivity index (χ1n) is 4.96. The monoisotopic (exact) mass is 246 g/mol. The number of nitro groups is 1. The van der Waals surface area contributed by atoms with Crippen molar-refractivity contribution in [2.45, 2.75) is 4.90 Å². The lowest BCUT2D eigenvalue weighted by Gasteiger charge is -2.05. The predicted molar refractivity (Wildman–Crippen MR) is 70.1 cm³/mol. The minimum Gasteiger partial charge on any atom is -0.356 e. The van der Waals surface area contributed by atoms with E-state index >= 15 is 0 Å². The largest absolute Gasteiger partial charge is 0.356 e.